The second-order valence-electron chi connectivity index (χ2n) is 4.45. The molecule has 14 heavy (non-hydrogen) atoms. The van der Waals surface area contributed by atoms with Crippen molar-refractivity contribution in [3.63, 3.8) is 0 Å². The van der Waals surface area contributed by atoms with Gasteiger partial charge in [0.05, 0.1) is 12.0 Å². The molecule has 0 aromatic heterocycles. The maximum absolute atomic E-state index is 11.9. The van der Waals surface area contributed by atoms with Gasteiger partial charge in [0.25, 0.3) is 0 Å². The lowest BCUT2D eigenvalue weighted by molar-refractivity contribution is -0.158. The molecule has 2 rings (SSSR count). The Kier molecular flexibility index (Phi) is 2.77. The third-order valence-corrected chi connectivity index (χ3v) is 3.72. The summed E-state index contributed by atoms with van der Waals surface area (Å²) < 4.78 is 5.21. The molecule has 1 N–H and O–H groups in total. The average molecular weight is 197 g/mol. The predicted molar refractivity (Wildman–Crippen MR) is 53.9 cm³/mol. The first kappa shape index (κ1) is 9.97. The summed E-state index contributed by atoms with van der Waals surface area (Å²) in [4.78, 5) is 11.9. The van der Waals surface area contributed by atoms with Gasteiger partial charge in [0, 0.05) is 6.54 Å². The summed E-state index contributed by atoms with van der Waals surface area (Å²) in [5.74, 6) is 0.560. The van der Waals surface area contributed by atoms with Crippen LogP contribution in [0.1, 0.15) is 32.6 Å². The molecular formula is C11H19NO2. The summed E-state index contributed by atoms with van der Waals surface area (Å²) in [6, 6.07) is 0. The van der Waals surface area contributed by atoms with Gasteiger partial charge in [-0.2, -0.15) is 0 Å². The van der Waals surface area contributed by atoms with E-state index in [0.717, 1.165) is 19.5 Å². The van der Waals surface area contributed by atoms with Gasteiger partial charge >= 0.3 is 5.97 Å². The van der Waals surface area contributed by atoms with Crippen LogP contribution in [-0.2, 0) is 9.53 Å². The molecule has 1 saturated heterocycles. The third-order valence-electron chi connectivity index (χ3n) is 3.72. The number of fused-ring (bicyclic) bond motifs is 1. The summed E-state index contributed by atoms with van der Waals surface area (Å²) in [7, 11) is 0. The molecular weight excluding hydrogens is 178 g/mol. The molecule has 2 aliphatic rings. The van der Waals surface area contributed by atoms with E-state index in [2.05, 4.69) is 5.32 Å². The molecule has 0 bridgehead atoms. The van der Waals surface area contributed by atoms with Crippen molar-refractivity contribution < 1.29 is 9.53 Å². The van der Waals surface area contributed by atoms with Crippen molar-refractivity contribution in [1.29, 1.82) is 0 Å². The zero-order valence-corrected chi connectivity index (χ0v) is 8.84. The van der Waals surface area contributed by atoms with Gasteiger partial charge in [-0.25, -0.2) is 0 Å². The van der Waals surface area contributed by atoms with Gasteiger partial charge in [-0.1, -0.05) is 12.8 Å². The summed E-state index contributed by atoms with van der Waals surface area (Å²) in [6.07, 6.45) is 4.65. The van der Waals surface area contributed by atoms with Crippen LogP contribution in [0.2, 0.25) is 0 Å². The molecule has 1 saturated carbocycles. The quantitative estimate of drug-likeness (QED) is 0.679. The van der Waals surface area contributed by atoms with E-state index in [1.54, 1.807) is 0 Å². The Hall–Kier alpha value is -0.570. The van der Waals surface area contributed by atoms with Gasteiger partial charge in [-0.05, 0) is 32.2 Å². The Balaban J connectivity index is 2.13. The van der Waals surface area contributed by atoms with Gasteiger partial charge in [-0.15, -0.1) is 0 Å². The SMILES string of the molecule is CCOC(=O)[C@@]12CCCC[C@@H]1CNC2. The molecule has 2 atom stereocenters. The smallest absolute Gasteiger partial charge is 0.313 e. The van der Waals surface area contributed by atoms with Gasteiger partial charge in [0.1, 0.15) is 0 Å². The number of hydrogen-bond acceptors (Lipinski definition) is 3. The Bertz CT molecular complexity index is 229. The summed E-state index contributed by atoms with van der Waals surface area (Å²) in [5.41, 5.74) is -0.172. The van der Waals surface area contributed by atoms with Crippen molar-refractivity contribution in [2.24, 2.45) is 11.3 Å². The number of rotatable bonds is 2. The van der Waals surface area contributed by atoms with E-state index >= 15 is 0 Å². The molecule has 0 unspecified atom stereocenters. The Labute approximate surface area is 85.2 Å². The van der Waals surface area contributed by atoms with Crippen LogP contribution < -0.4 is 5.32 Å². The molecule has 1 aliphatic heterocycles. The Morgan fingerprint density at radius 1 is 1.57 bits per heavy atom. The van der Waals surface area contributed by atoms with E-state index in [0.29, 0.717) is 12.5 Å². The highest BCUT2D eigenvalue weighted by atomic mass is 16.5. The number of ether oxygens (including phenoxy) is 1. The second kappa shape index (κ2) is 3.89. The highest BCUT2D eigenvalue weighted by Gasteiger charge is 2.50. The molecule has 0 amide bonds. The number of hydrogen-bond donors (Lipinski definition) is 1. The normalized spacial score (nSPS) is 36.5. The van der Waals surface area contributed by atoms with Crippen LogP contribution in [0.3, 0.4) is 0 Å². The summed E-state index contributed by atoms with van der Waals surface area (Å²) in [5, 5.41) is 3.34. The lowest BCUT2D eigenvalue weighted by Gasteiger charge is -2.35. The lowest BCUT2D eigenvalue weighted by atomic mass is 9.68. The van der Waals surface area contributed by atoms with Gasteiger partial charge in [0.2, 0.25) is 0 Å². The minimum Gasteiger partial charge on any atom is -0.466 e. The van der Waals surface area contributed by atoms with Gasteiger partial charge < -0.3 is 10.1 Å². The van der Waals surface area contributed by atoms with Crippen molar-refractivity contribution >= 4 is 5.97 Å². The van der Waals surface area contributed by atoms with E-state index < -0.39 is 0 Å². The number of esters is 1. The van der Waals surface area contributed by atoms with Crippen LogP contribution in [0.5, 0.6) is 0 Å². The first-order valence-electron chi connectivity index (χ1n) is 5.67. The zero-order chi connectivity index (χ0) is 10.0. The first-order valence-corrected chi connectivity index (χ1v) is 5.67. The second-order valence-corrected chi connectivity index (χ2v) is 4.45. The van der Waals surface area contributed by atoms with E-state index in [1.807, 2.05) is 6.92 Å². The predicted octanol–water partition coefficient (Wildman–Crippen LogP) is 1.33. The van der Waals surface area contributed by atoms with Crippen molar-refractivity contribution in [3.8, 4) is 0 Å². The van der Waals surface area contributed by atoms with Crippen LogP contribution in [-0.4, -0.2) is 25.7 Å². The molecule has 0 aromatic rings. The highest BCUT2D eigenvalue weighted by molar-refractivity contribution is 5.78. The fourth-order valence-electron chi connectivity index (χ4n) is 2.93. The molecule has 3 heteroatoms. The number of carbonyl (C=O) groups is 1. The van der Waals surface area contributed by atoms with Crippen LogP contribution in [0.25, 0.3) is 0 Å². The number of nitrogens with one attached hydrogen (secondary N) is 1. The minimum atomic E-state index is -0.172. The molecule has 1 heterocycles. The minimum absolute atomic E-state index is 0.0368. The van der Waals surface area contributed by atoms with Crippen LogP contribution >= 0.6 is 0 Å². The highest BCUT2D eigenvalue weighted by Crippen LogP contribution is 2.44. The van der Waals surface area contributed by atoms with E-state index in [-0.39, 0.29) is 11.4 Å². The van der Waals surface area contributed by atoms with E-state index in [4.69, 9.17) is 4.74 Å². The Morgan fingerprint density at radius 3 is 3.21 bits per heavy atom. The summed E-state index contributed by atoms with van der Waals surface area (Å²) >= 11 is 0. The summed E-state index contributed by atoms with van der Waals surface area (Å²) in [6.45, 7) is 4.22. The van der Waals surface area contributed by atoms with Crippen molar-refractivity contribution in [3.05, 3.63) is 0 Å². The van der Waals surface area contributed by atoms with Gasteiger partial charge in [-0.3, -0.25) is 4.79 Å². The molecule has 0 spiro atoms. The largest absolute Gasteiger partial charge is 0.466 e. The molecule has 0 aromatic carbocycles. The van der Waals surface area contributed by atoms with Crippen molar-refractivity contribution in [2.75, 3.05) is 19.7 Å². The number of carbonyl (C=O) groups excluding carboxylic acids is 1. The lowest BCUT2D eigenvalue weighted by Crippen LogP contribution is -2.42. The Morgan fingerprint density at radius 2 is 2.43 bits per heavy atom. The van der Waals surface area contributed by atoms with Gasteiger partial charge in [0.15, 0.2) is 0 Å². The third kappa shape index (κ3) is 1.44. The van der Waals surface area contributed by atoms with Crippen LogP contribution in [0.4, 0.5) is 0 Å². The van der Waals surface area contributed by atoms with E-state index in [1.165, 1.54) is 19.3 Å². The zero-order valence-electron chi connectivity index (χ0n) is 8.84. The van der Waals surface area contributed by atoms with Crippen molar-refractivity contribution in [2.45, 2.75) is 32.6 Å². The first-order chi connectivity index (χ1) is 6.79. The topological polar surface area (TPSA) is 38.3 Å². The average Bonchev–Trinajstić information content (AvgIpc) is 2.62. The monoisotopic (exact) mass is 197 g/mol. The molecule has 80 valence electrons. The molecule has 2 fully saturated rings. The molecule has 0 radical (unpaired) electrons. The van der Waals surface area contributed by atoms with Crippen LogP contribution in [0, 0.1) is 11.3 Å². The maximum Gasteiger partial charge on any atom is 0.313 e. The molecule has 3 nitrogen and oxygen atoms in total. The fourth-order valence-corrected chi connectivity index (χ4v) is 2.93. The molecule has 1 aliphatic carbocycles. The standard InChI is InChI=1S/C11H19NO2/c1-2-14-10(13)11-6-4-3-5-9(11)7-12-8-11/h9,12H,2-8H2,1H3/t9-,11-/m1/s1. The van der Waals surface area contributed by atoms with Crippen molar-refractivity contribution in [1.82, 2.24) is 5.32 Å². The maximum atomic E-state index is 11.9. The van der Waals surface area contributed by atoms with E-state index in [9.17, 15) is 4.79 Å². The van der Waals surface area contributed by atoms with Crippen LogP contribution in [0.15, 0.2) is 0 Å². The fraction of sp³-hybridized carbons (Fsp3) is 0.909.